The van der Waals surface area contributed by atoms with E-state index in [1.807, 2.05) is 19.9 Å². The number of anilines is 1. The molecule has 1 saturated heterocycles. The van der Waals surface area contributed by atoms with Crippen LogP contribution in [0.2, 0.25) is 0 Å². The van der Waals surface area contributed by atoms with Crippen molar-refractivity contribution in [1.29, 1.82) is 0 Å². The molecule has 1 atom stereocenters. The molecule has 2 heterocycles. The Balaban J connectivity index is 2.29. The molecule has 1 aliphatic rings. The van der Waals surface area contributed by atoms with Crippen LogP contribution in [0.15, 0.2) is 12.7 Å². The van der Waals surface area contributed by atoms with Crippen LogP contribution >= 0.6 is 11.3 Å². The van der Waals surface area contributed by atoms with Gasteiger partial charge < -0.3 is 10.0 Å². The minimum atomic E-state index is -0.904. The number of allylic oxidation sites excluding steroid dienone is 1. The largest absolute Gasteiger partial charge is 0.373 e. The van der Waals surface area contributed by atoms with Gasteiger partial charge in [0.15, 0.2) is 0 Å². The van der Waals surface area contributed by atoms with Gasteiger partial charge in [0, 0.05) is 19.4 Å². The van der Waals surface area contributed by atoms with Crippen LogP contribution in [0.4, 0.5) is 9.93 Å². The van der Waals surface area contributed by atoms with Crippen molar-refractivity contribution in [3.8, 4) is 12.3 Å². The Morgan fingerprint density at radius 1 is 1.50 bits per heavy atom. The van der Waals surface area contributed by atoms with Gasteiger partial charge in [-0.3, -0.25) is 0 Å². The van der Waals surface area contributed by atoms with Crippen molar-refractivity contribution in [3.05, 3.63) is 17.7 Å². The van der Waals surface area contributed by atoms with Crippen LogP contribution in [0, 0.1) is 12.3 Å². The lowest BCUT2D eigenvalue weighted by Crippen LogP contribution is -2.62. The molecule has 1 N–H and O–H groups in total. The van der Waals surface area contributed by atoms with E-state index in [4.69, 9.17) is 6.42 Å². The number of carbonyl (C=O) groups is 1. The number of carbonyl (C=O) groups excluding carboxylic acids is 1. The van der Waals surface area contributed by atoms with E-state index in [0.717, 1.165) is 17.8 Å². The zero-order chi connectivity index (χ0) is 17.7. The van der Waals surface area contributed by atoms with Crippen molar-refractivity contribution in [2.24, 2.45) is 0 Å². The van der Waals surface area contributed by atoms with E-state index in [9.17, 15) is 9.90 Å². The number of aryl methyl sites for hydroxylation is 1. The van der Waals surface area contributed by atoms with Gasteiger partial charge in [-0.1, -0.05) is 37.2 Å². The highest BCUT2D eigenvalue weighted by atomic mass is 32.1. The minimum absolute atomic E-state index is 0.304. The minimum Gasteiger partial charge on any atom is -0.373 e. The van der Waals surface area contributed by atoms with E-state index in [2.05, 4.69) is 22.7 Å². The Kier molecular flexibility index (Phi) is 5.97. The highest BCUT2D eigenvalue weighted by molar-refractivity contribution is 7.15. The number of hydrogen-bond donors (Lipinski definition) is 1. The molecule has 6 nitrogen and oxygen atoms in total. The second-order valence-electron chi connectivity index (χ2n) is 5.76. The summed E-state index contributed by atoms with van der Waals surface area (Å²) in [6.07, 6.45) is 9.92. The topological polar surface area (TPSA) is 69.6 Å². The van der Waals surface area contributed by atoms with Crippen molar-refractivity contribution in [1.82, 2.24) is 15.1 Å². The van der Waals surface area contributed by atoms with Gasteiger partial charge in [-0.25, -0.2) is 9.69 Å². The summed E-state index contributed by atoms with van der Waals surface area (Å²) in [5.74, 6) is 2.79. The lowest BCUT2D eigenvalue weighted by molar-refractivity contribution is 0.0747. The monoisotopic (exact) mass is 348 g/mol. The van der Waals surface area contributed by atoms with Crippen LogP contribution in [-0.4, -0.2) is 44.5 Å². The zero-order valence-electron chi connectivity index (χ0n) is 14.2. The van der Waals surface area contributed by atoms with Gasteiger partial charge in [-0.05, 0) is 19.3 Å². The first-order valence-corrected chi connectivity index (χ1v) is 9.04. The standard InChI is InChI=1S/C17H24N4O2S/c1-5-9-10-13-18-19-15(24-13)21-14(22)11-12-20(16(21)23)17(6-2,7-3)8-4/h2,5,14,22H,1,7-12H2,3-4H3. The smallest absolute Gasteiger partial charge is 0.329 e. The maximum absolute atomic E-state index is 13.0. The predicted octanol–water partition coefficient (Wildman–Crippen LogP) is 2.80. The number of aliphatic hydroxyl groups excluding tert-OH is 1. The molecule has 2 amide bonds. The molecule has 0 bridgehead atoms. The fourth-order valence-electron chi connectivity index (χ4n) is 2.92. The second-order valence-corrected chi connectivity index (χ2v) is 6.80. The van der Waals surface area contributed by atoms with Crippen molar-refractivity contribution in [2.45, 2.75) is 57.7 Å². The van der Waals surface area contributed by atoms with Crippen molar-refractivity contribution in [2.75, 3.05) is 11.4 Å². The maximum atomic E-state index is 13.0. The van der Waals surface area contributed by atoms with Crippen LogP contribution in [0.1, 0.15) is 44.5 Å². The molecule has 1 aromatic heterocycles. The number of rotatable bonds is 7. The summed E-state index contributed by atoms with van der Waals surface area (Å²) >= 11 is 1.32. The summed E-state index contributed by atoms with van der Waals surface area (Å²) in [5.41, 5.74) is -0.633. The molecular formula is C17H24N4O2S. The van der Waals surface area contributed by atoms with Crippen molar-refractivity contribution < 1.29 is 9.90 Å². The fraction of sp³-hybridized carbons (Fsp3) is 0.588. The Bertz CT molecular complexity index is 633. The van der Waals surface area contributed by atoms with Crippen LogP contribution < -0.4 is 4.90 Å². The number of aliphatic hydroxyl groups is 1. The molecule has 1 fully saturated rings. The molecule has 0 aliphatic carbocycles. The number of aromatic nitrogens is 2. The van der Waals surface area contributed by atoms with E-state index in [-0.39, 0.29) is 6.03 Å². The highest BCUT2D eigenvalue weighted by Gasteiger charge is 2.43. The van der Waals surface area contributed by atoms with Crippen molar-refractivity contribution >= 4 is 22.5 Å². The Morgan fingerprint density at radius 2 is 2.21 bits per heavy atom. The maximum Gasteiger partial charge on any atom is 0.329 e. The number of hydrogen-bond acceptors (Lipinski definition) is 5. The molecule has 1 aromatic rings. The Labute approximate surface area is 147 Å². The van der Waals surface area contributed by atoms with E-state index in [1.54, 1.807) is 4.90 Å². The molecule has 1 aliphatic heterocycles. The molecule has 1 unspecified atom stereocenters. The summed E-state index contributed by atoms with van der Waals surface area (Å²) < 4.78 is 0. The molecule has 7 heteroatoms. The van der Waals surface area contributed by atoms with Gasteiger partial charge in [0.1, 0.15) is 16.8 Å². The quantitative estimate of drug-likeness (QED) is 0.608. The molecule has 0 spiro atoms. The summed E-state index contributed by atoms with van der Waals surface area (Å²) in [5, 5.41) is 19.7. The van der Waals surface area contributed by atoms with Crippen molar-refractivity contribution in [3.63, 3.8) is 0 Å². The number of nitrogens with zero attached hydrogens (tertiary/aromatic N) is 4. The lowest BCUT2D eigenvalue weighted by Gasteiger charge is -2.45. The third-order valence-electron chi connectivity index (χ3n) is 4.53. The molecule has 0 radical (unpaired) electrons. The van der Waals surface area contributed by atoms with E-state index < -0.39 is 11.8 Å². The average Bonchev–Trinajstić information content (AvgIpc) is 3.05. The number of urea groups is 1. The van der Waals surface area contributed by atoms with E-state index >= 15 is 0 Å². The summed E-state index contributed by atoms with van der Waals surface area (Å²) in [4.78, 5) is 16.0. The van der Waals surface area contributed by atoms with Crippen LogP contribution in [0.3, 0.4) is 0 Å². The number of amides is 2. The van der Waals surface area contributed by atoms with Crippen LogP contribution in [0.25, 0.3) is 0 Å². The SMILES string of the molecule is C#CC(CC)(CC)N1CCC(O)N(c2nnc(CCC=C)s2)C1=O. The molecule has 24 heavy (non-hydrogen) atoms. The molecular weight excluding hydrogens is 324 g/mol. The first-order chi connectivity index (χ1) is 11.5. The van der Waals surface area contributed by atoms with Gasteiger partial charge in [-0.15, -0.1) is 23.2 Å². The second kappa shape index (κ2) is 7.77. The molecule has 130 valence electrons. The number of terminal acetylenes is 1. The van der Waals surface area contributed by atoms with Gasteiger partial charge in [-0.2, -0.15) is 0 Å². The van der Waals surface area contributed by atoms with Gasteiger partial charge in [0.25, 0.3) is 0 Å². The zero-order valence-corrected chi connectivity index (χ0v) is 15.1. The average molecular weight is 348 g/mol. The van der Waals surface area contributed by atoms with Gasteiger partial charge >= 0.3 is 6.03 Å². The van der Waals surface area contributed by atoms with E-state index in [0.29, 0.717) is 30.9 Å². The highest BCUT2D eigenvalue weighted by Crippen LogP contribution is 2.33. The first-order valence-electron chi connectivity index (χ1n) is 8.22. The normalized spacial score (nSPS) is 18.6. The van der Waals surface area contributed by atoms with Gasteiger partial charge in [0.2, 0.25) is 5.13 Å². The lowest BCUT2D eigenvalue weighted by atomic mass is 9.91. The van der Waals surface area contributed by atoms with Crippen LogP contribution in [-0.2, 0) is 6.42 Å². The van der Waals surface area contributed by atoms with Crippen LogP contribution in [0.5, 0.6) is 0 Å². The summed E-state index contributed by atoms with van der Waals surface area (Å²) in [6, 6.07) is -0.304. The summed E-state index contributed by atoms with van der Waals surface area (Å²) in [7, 11) is 0. The third kappa shape index (κ3) is 3.30. The predicted molar refractivity (Wildman–Crippen MR) is 95.8 cm³/mol. The van der Waals surface area contributed by atoms with Gasteiger partial charge in [0.05, 0.1) is 0 Å². The molecule has 0 saturated carbocycles. The van der Waals surface area contributed by atoms with E-state index in [1.165, 1.54) is 16.2 Å². The Morgan fingerprint density at radius 3 is 2.79 bits per heavy atom. The first kappa shape index (κ1) is 18.4. The summed E-state index contributed by atoms with van der Waals surface area (Å²) in [6.45, 7) is 8.08. The fourth-order valence-corrected chi connectivity index (χ4v) is 3.81. The molecule has 2 rings (SSSR count). The molecule has 0 aromatic carbocycles. The Hall–Kier alpha value is -1.91. The third-order valence-corrected chi connectivity index (χ3v) is 5.51.